The maximum atomic E-state index is 13.2. The van der Waals surface area contributed by atoms with Crippen LogP contribution >= 0.6 is 0 Å². The smallest absolute Gasteiger partial charge is 0.270 e. The number of amides is 1. The van der Waals surface area contributed by atoms with E-state index >= 15 is 0 Å². The molecule has 0 bridgehead atoms. The lowest BCUT2D eigenvalue weighted by molar-refractivity contribution is -0.384. The summed E-state index contributed by atoms with van der Waals surface area (Å²) in [5, 5.41) is 17.5. The number of halogens is 1. The molecule has 0 atom stereocenters. The predicted octanol–water partition coefficient (Wildman–Crippen LogP) is 3.23. The average molecular weight is 356 g/mol. The molecule has 0 radical (unpaired) electrons. The first-order valence-electron chi connectivity index (χ1n) is 7.99. The van der Waals surface area contributed by atoms with E-state index < -0.39 is 10.8 Å². The maximum absolute atomic E-state index is 13.2. The van der Waals surface area contributed by atoms with Gasteiger partial charge in [0.25, 0.3) is 11.6 Å². The lowest BCUT2D eigenvalue weighted by Gasteiger charge is -2.11. The molecule has 2 aromatic carbocycles. The van der Waals surface area contributed by atoms with Crippen LogP contribution in [0.1, 0.15) is 15.9 Å². The summed E-state index contributed by atoms with van der Waals surface area (Å²) in [6.07, 6.45) is 2.46. The molecule has 0 saturated heterocycles. The number of fused-ring (bicyclic) bond motifs is 1. The van der Waals surface area contributed by atoms with Crippen LogP contribution in [0.25, 0.3) is 10.9 Å². The molecule has 7 nitrogen and oxygen atoms in total. The Hall–Kier alpha value is -3.42. The number of benzene rings is 2. The number of non-ortho nitro benzene ring substituents is 1. The number of H-pyrrole nitrogens is 1. The zero-order chi connectivity index (χ0) is 18.7. The lowest BCUT2D eigenvalue weighted by atomic mass is 10.1. The maximum Gasteiger partial charge on any atom is 0.270 e. The van der Waals surface area contributed by atoms with Crippen LogP contribution in [0.3, 0.4) is 0 Å². The predicted molar refractivity (Wildman–Crippen MR) is 96.9 cm³/mol. The Balaban J connectivity index is 1.76. The summed E-state index contributed by atoms with van der Waals surface area (Å²) in [4.78, 5) is 25.4. The highest BCUT2D eigenvalue weighted by molar-refractivity contribution is 6.00. The van der Waals surface area contributed by atoms with Crippen molar-refractivity contribution in [2.24, 2.45) is 0 Å². The summed E-state index contributed by atoms with van der Waals surface area (Å²) in [6.45, 7) is 0.506. The van der Waals surface area contributed by atoms with Gasteiger partial charge in [-0.1, -0.05) is 0 Å². The zero-order valence-corrected chi connectivity index (χ0v) is 14.0. The molecule has 1 amide bonds. The number of aromatic nitrogens is 1. The first-order valence-corrected chi connectivity index (χ1v) is 7.99. The Morgan fingerprint density at radius 1 is 1.27 bits per heavy atom. The number of hydrogen-bond donors (Lipinski definition) is 3. The summed E-state index contributed by atoms with van der Waals surface area (Å²) >= 11 is 0. The van der Waals surface area contributed by atoms with Crippen molar-refractivity contribution in [1.29, 1.82) is 0 Å². The highest BCUT2D eigenvalue weighted by Gasteiger charge is 2.16. The average Bonchev–Trinajstić information content (AvgIpc) is 3.03. The Morgan fingerprint density at radius 2 is 2.08 bits per heavy atom. The summed E-state index contributed by atoms with van der Waals surface area (Å²) in [5.41, 5.74) is 2.31. The highest BCUT2D eigenvalue weighted by atomic mass is 19.1. The third-order valence-corrected chi connectivity index (χ3v) is 4.12. The van der Waals surface area contributed by atoms with Crippen LogP contribution < -0.4 is 10.6 Å². The third kappa shape index (κ3) is 3.49. The molecular weight excluding hydrogens is 339 g/mol. The van der Waals surface area contributed by atoms with E-state index in [4.69, 9.17) is 0 Å². The second-order valence-electron chi connectivity index (χ2n) is 5.75. The number of carbonyl (C=O) groups is 1. The quantitative estimate of drug-likeness (QED) is 0.466. The Morgan fingerprint density at radius 3 is 2.81 bits per heavy atom. The van der Waals surface area contributed by atoms with Gasteiger partial charge >= 0.3 is 0 Å². The molecule has 0 aliphatic heterocycles. The number of aromatic amines is 1. The third-order valence-electron chi connectivity index (χ3n) is 4.12. The molecule has 0 aliphatic carbocycles. The van der Waals surface area contributed by atoms with Gasteiger partial charge in [0.1, 0.15) is 5.82 Å². The SMILES string of the molecule is CNC(=O)c1cc([N+](=O)[O-])ccc1NCCc1c[nH]c2cc(F)ccc12. The fourth-order valence-electron chi connectivity index (χ4n) is 2.82. The number of nitrogens with one attached hydrogen (secondary N) is 3. The van der Waals surface area contributed by atoms with E-state index in [2.05, 4.69) is 15.6 Å². The van der Waals surface area contributed by atoms with Gasteiger partial charge in [-0.15, -0.1) is 0 Å². The van der Waals surface area contributed by atoms with E-state index in [0.717, 1.165) is 16.5 Å². The number of hydrogen-bond acceptors (Lipinski definition) is 4. The largest absolute Gasteiger partial charge is 0.384 e. The zero-order valence-electron chi connectivity index (χ0n) is 14.0. The van der Waals surface area contributed by atoms with Crippen LogP contribution in [-0.4, -0.2) is 29.4 Å². The second-order valence-corrected chi connectivity index (χ2v) is 5.75. The molecule has 0 saturated carbocycles. The van der Waals surface area contributed by atoms with Crippen LogP contribution in [0.2, 0.25) is 0 Å². The van der Waals surface area contributed by atoms with Gasteiger partial charge in [-0.3, -0.25) is 14.9 Å². The van der Waals surface area contributed by atoms with E-state index in [0.29, 0.717) is 18.7 Å². The van der Waals surface area contributed by atoms with Crippen molar-refractivity contribution >= 4 is 28.2 Å². The summed E-state index contributed by atoms with van der Waals surface area (Å²) < 4.78 is 13.2. The van der Waals surface area contributed by atoms with Crippen LogP contribution in [-0.2, 0) is 6.42 Å². The van der Waals surface area contributed by atoms with E-state index in [1.807, 2.05) is 6.20 Å². The summed E-state index contributed by atoms with van der Waals surface area (Å²) in [5.74, 6) is -0.705. The van der Waals surface area contributed by atoms with Crippen LogP contribution in [0.5, 0.6) is 0 Å². The van der Waals surface area contributed by atoms with Gasteiger partial charge in [-0.25, -0.2) is 4.39 Å². The number of anilines is 1. The van der Waals surface area contributed by atoms with E-state index in [1.54, 1.807) is 6.07 Å². The molecule has 1 aromatic heterocycles. The van der Waals surface area contributed by atoms with Crippen LogP contribution in [0, 0.1) is 15.9 Å². The van der Waals surface area contributed by atoms with Crippen molar-refractivity contribution in [1.82, 2.24) is 10.3 Å². The molecular formula is C18H17FN4O3. The van der Waals surface area contributed by atoms with E-state index in [-0.39, 0.29) is 17.1 Å². The van der Waals surface area contributed by atoms with Gasteiger partial charge in [-0.05, 0) is 36.2 Å². The van der Waals surface area contributed by atoms with E-state index in [9.17, 15) is 19.3 Å². The standard InChI is InChI=1S/C18H17FN4O3/c1-20-18(24)15-9-13(23(25)26)3-5-16(15)21-7-6-11-10-22-17-8-12(19)2-4-14(11)17/h2-5,8-10,21-22H,6-7H2,1H3,(H,20,24). The molecule has 134 valence electrons. The second kappa shape index (κ2) is 7.22. The van der Waals surface area contributed by atoms with Gasteiger partial charge in [-0.2, -0.15) is 0 Å². The van der Waals surface area contributed by atoms with Crippen molar-refractivity contribution in [3.8, 4) is 0 Å². The number of carbonyl (C=O) groups excluding carboxylic acids is 1. The Kier molecular flexibility index (Phi) is 4.83. The minimum atomic E-state index is -0.540. The van der Waals surface area contributed by atoms with Gasteiger partial charge in [0.05, 0.1) is 10.5 Å². The molecule has 26 heavy (non-hydrogen) atoms. The van der Waals surface area contributed by atoms with Crippen molar-refractivity contribution in [2.45, 2.75) is 6.42 Å². The molecule has 3 N–H and O–H groups in total. The topological polar surface area (TPSA) is 100 Å². The van der Waals surface area contributed by atoms with Crippen molar-refractivity contribution < 1.29 is 14.1 Å². The minimum Gasteiger partial charge on any atom is -0.384 e. The van der Waals surface area contributed by atoms with Crippen LogP contribution in [0.15, 0.2) is 42.6 Å². The van der Waals surface area contributed by atoms with Crippen LogP contribution in [0.4, 0.5) is 15.8 Å². The molecule has 3 aromatic rings. The Labute approximate surface area is 148 Å². The number of rotatable bonds is 6. The Bertz CT molecular complexity index is 984. The minimum absolute atomic E-state index is 0.146. The number of nitro benzene ring substituents is 1. The molecule has 0 aliphatic rings. The number of nitrogens with zero attached hydrogens (tertiary/aromatic N) is 1. The van der Waals surface area contributed by atoms with Crippen molar-refractivity contribution in [3.05, 3.63) is 69.7 Å². The number of nitro groups is 1. The monoisotopic (exact) mass is 356 g/mol. The van der Waals surface area contributed by atoms with Gasteiger partial charge in [0.15, 0.2) is 0 Å². The molecule has 0 unspecified atom stereocenters. The first kappa shape index (κ1) is 17.4. The molecule has 0 spiro atoms. The lowest BCUT2D eigenvalue weighted by Crippen LogP contribution is -2.20. The summed E-state index contributed by atoms with van der Waals surface area (Å²) in [7, 11) is 1.47. The van der Waals surface area contributed by atoms with Crippen molar-refractivity contribution in [2.75, 3.05) is 18.9 Å². The fraction of sp³-hybridized carbons (Fsp3) is 0.167. The summed E-state index contributed by atoms with van der Waals surface area (Å²) in [6, 6.07) is 8.68. The molecule has 1 heterocycles. The van der Waals surface area contributed by atoms with Gasteiger partial charge < -0.3 is 15.6 Å². The van der Waals surface area contributed by atoms with E-state index in [1.165, 1.54) is 37.4 Å². The molecule has 8 heteroatoms. The molecule has 0 fully saturated rings. The normalized spacial score (nSPS) is 10.7. The fourth-order valence-corrected chi connectivity index (χ4v) is 2.82. The van der Waals surface area contributed by atoms with Gasteiger partial charge in [0.2, 0.25) is 0 Å². The highest BCUT2D eigenvalue weighted by Crippen LogP contribution is 2.23. The molecule has 3 rings (SSSR count). The van der Waals surface area contributed by atoms with Gasteiger partial charge in [0, 0.05) is 48.5 Å². The first-order chi connectivity index (χ1) is 12.5. The van der Waals surface area contributed by atoms with Crippen molar-refractivity contribution in [3.63, 3.8) is 0 Å².